The third-order valence-electron chi connectivity index (χ3n) is 4.20. The molecular weight excluding hydrogens is 270 g/mol. The summed E-state index contributed by atoms with van der Waals surface area (Å²) in [7, 11) is 0. The van der Waals surface area contributed by atoms with Crippen LogP contribution in [0.3, 0.4) is 0 Å². The van der Waals surface area contributed by atoms with Crippen LogP contribution in [0.5, 0.6) is 0 Å². The predicted octanol–water partition coefficient (Wildman–Crippen LogP) is 2.84. The highest BCUT2D eigenvalue weighted by atomic mass is 35.5. The van der Waals surface area contributed by atoms with Crippen LogP contribution in [-0.2, 0) is 0 Å². The molecule has 2 N–H and O–H groups in total. The number of rotatable bonds is 5. The van der Waals surface area contributed by atoms with Crippen molar-refractivity contribution in [3.63, 3.8) is 0 Å². The van der Waals surface area contributed by atoms with E-state index < -0.39 is 0 Å². The van der Waals surface area contributed by atoms with E-state index in [9.17, 15) is 0 Å². The Labute approximate surface area is 127 Å². The zero-order chi connectivity index (χ0) is 14.5. The largest absolute Gasteiger partial charge is 0.368 e. The zero-order valence-electron chi connectivity index (χ0n) is 12.6. The smallest absolute Gasteiger partial charge is 0.0639 e. The minimum absolute atomic E-state index is 0.316. The average molecular weight is 296 g/mol. The molecule has 3 nitrogen and oxygen atoms in total. The molecule has 112 valence electrons. The van der Waals surface area contributed by atoms with Gasteiger partial charge in [0.15, 0.2) is 0 Å². The highest BCUT2D eigenvalue weighted by Crippen LogP contribution is 2.26. The predicted molar refractivity (Wildman–Crippen MR) is 87.5 cm³/mol. The number of nitrogens with two attached hydrogens (primary N) is 1. The van der Waals surface area contributed by atoms with Crippen LogP contribution in [0, 0.1) is 5.92 Å². The Hall–Kier alpha value is -0.770. The molecule has 1 aromatic rings. The fourth-order valence-electron chi connectivity index (χ4n) is 2.59. The van der Waals surface area contributed by atoms with Gasteiger partial charge in [-0.25, -0.2) is 0 Å². The van der Waals surface area contributed by atoms with Gasteiger partial charge >= 0.3 is 0 Å². The summed E-state index contributed by atoms with van der Waals surface area (Å²) in [6, 6.07) is 8.42. The summed E-state index contributed by atoms with van der Waals surface area (Å²) in [5.74, 6) is 0.569. The van der Waals surface area contributed by atoms with Crippen LogP contribution in [0.2, 0.25) is 5.02 Å². The van der Waals surface area contributed by atoms with Crippen LogP contribution >= 0.6 is 11.6 Å². The van der Waals surface area contributed by atoms with E-state index in [1.165, 1.54) is 0 Å². The molecule has 0 aliphatic carbocycles. The van der Waals surface area contributed by atoms with E-state index in [0.717, 1.165) is 49.9 Å². The number of anilines is 1. The molecule has 4 heteroatoms. The maximum absolute atomic E-state index is 6.26. The first-order chi connectivity index (χ1) is 9.58. The summed E-state index contributed by atoms with van der Waals surface area (Å²) in [6.07, 6.45) is 1.09. The Morgan fingerprint density at radius 3 is 2.40 bits per heavy atom. The van der Waals surface area contributed by atoms with Crippen molar-refractivity contribution < 1.29 is 0 Å². The van der Waals surface area contributed by atoms with Gasteiger partial charge in [0.05, 0.1) is 10.7 Å². The first kappa shape index (κ1) is 15.6. The quantitative estimate of drug-likeness (QED) is 0.907. The van der Waals surface area contributed by atoms with Crippen molar-refractivity contribution in [3.8, 4) is 0 Å². The number of nitrogens with zero attached hydrogens (tertiary/aromatic N) is 2. The van der Waals surface area contributed by atoms with Gasteiger partial charge in [0.2, 0.25) is 0 Å². The minimum atomic E-state index is 0.316. The summed E-state index contributed by atoms with van der Waals surface area (Å²) in [5, 5.41) is 0.850. The first-order valence-electron chi connectivity index (χ1n) is 7.55. The summed E-state index contributed by atoms with van der Waals surface area (Å²) in [6.45, 7) is 9.77. The van der Waals surface area contributed by atoms with Gasteiger partial charge in [-0.1, -0.05) is 37.6 Å². The lowest BCUT2D eigenvalue weighted by Crippen LogP contribution is -2.47. The summed E-state index contributed by atoms with van der Waals surface area (Å²) in [5.41, 5.74) is 7.28. The maximum Gasteiger partial charge on any atom is 0.0639 e. The number of hydrogen-bond acceptors (Lipinski definition) is 3. The molecule has 1 atom stereocenters. The SMILES string of the molecule is CC(C)C(N)CCN1CCN(c2ccccc2Cl)CC1. The molecule has 0 spiro atoms. The van der Waals surface area contributed by atoms with Gasteiger partial charge in [-0.05, 0) is 31.0 Å². The lowest BCUT2D eigenvalue weighted by molar-refractivity contribution is 0.241. The van der Waals surface area contributed by atoms with Gasteiger partial charge in [0, 0.05) is 32.2 Å². The van der Waals surface area contributed by atoms with Crippen molar-refractivity contribution in [1.29, 1.82) is 0 Å². The van der Waals surface area contributed by atoms with E-state index in [0.29, 0.717) is 12.0 Å². The molecule has 1 unspecified atom stereocenters. The molecule has 0 aromatic heterocycles. The lowest BCUT2D eigenvalue weighted by Gasteiger charge is -2.37. The minimum Gasteiger partial charge on any atom is -0.368 e. The second-order valence-electron chi connectivity index (χ2n) is 5.98. The van der Waals surface area contributed by atoms with E-state index in [-0.39, 0.29) is 0 Å². The summed E-state index contributed by atoms with van der Waals surface area (Å²) >= 11 is 6.26. The van der Waals surface area contributed by atoms with E-state index in [4.69, 9.17) is 17.3 Å². The Balaban J connectivity index is 1.80. The van der Waals surface area contributed by atoms with Gasteiger partial charge in [0.25, 0.3) is 0 Å². The Bertz CT molecular complexity index is 414. The Morgan fingerprint density at radius 1 is 1.15 bits per heavy atom. The molecule has 1 aromatic carbocycles. The second-order valence-corrected chi connectivity index (χ2v) is 6.38. The van der Waals surface area contributed by atoms with Crippen LogP contribution in [-0.4, -0.2) is 43.7 Å². The summed E-state index contributed by atoms with van der Waals surface area (Å²) < 4.78 is 0. The summed E-state index contributed by atoms with van der Waals surface area (Å²) in [4.78, 5) is 4.89. The van der Waals surface area contributed by atoms with Gasteiger partial charge in [0.1, 0.15) is 0 Å². The number of benzene rings is 1. The molecule has 1 aliphatic heterocycles. The molecule has 1 heterocycles. The monoisotopic (exact) mass is 295 g/mol. The number of para-hydroxylation sites is 1. The van der Waals surface area contributed by atoms with Gasteiger partial charge < -0.3 is 10.6 Å². The molecule has 0 radical (unpaired) electrons. The first-order valence-corrected chi connectivity index (χ1v) is 7.93. The Kier molecular flexibility index (Phi) is 5.70. The van der Waals surface area contributed by atoms with Crippen molar-refractivity contribution in [3.05, 3.63) is 29.3 Å². The molecule has 0 amide bonds. The van der Waals surface area contributed by atoms with Crippen LogP contribution in [0.1, 0.15) is 20.3 Å². The van der Waals surface area contributed by atoms with Crippen molar-refractivity contribution in [2.24, 2.45) is 11.7 Å². The van der Waals surface area contributed by atoms with E-state index in [2.05, 4.69) is 35.8 Å². The average Bonchev–Trinajstić information content (AvgIpc) is 2.46. The standard InChI is InChI=1S/C16H26ClN3/c1-13(2)15(18)7-8-19-9-11-20(12-10-19)16-6-4-3-5-14(16)17/h3-6,13,15H,7-12,18H2,1-2H3. The number of piperazine rings is 1. The van der Waals surface area contributed by atoms with Gasteiger partial charge in [-0.2, -0.15) is 0 Å². The number of hydrogen-bond donors (Lipinski definition) is 1. The molecule has 1 aliphatic rings. The molecule has 1 fully saturated rings. The second kappa shape index (κ2) is 7.30. The third-order valence-corrected chi connectivity index (χ3v) is 4.52. The van der Waals surface area contributed by atoms with Crippen LogP contribution < -0.4 is 10.6 Å². The van der Waals surface area contributed by atoms with Gasteiger partial charge in [-0.15, -0.1) is 0 Å². The van der Waals surface area contributed by atoms with E-state index in [1.807, 2.05) is 12.1 Å². The molecule has 0 saturated carbocycles. The highest BCUT2D eigenvalue weighted by molar-refractivity contribution is 6.33. The van der Waals surface area contributed by atoms with E-state index >= 15 is 0 Å². The van der Waals surface area contributed by atoms with Crippen LogP contribution in [0.25, 0.3) is 0 Å². The lowest BCUT2D eigenvalue weighted by atomic mass is 10.0. The Morgan fingerprint density at radius 2 is 1.80 bits per heavy atom. The molecule has 0 bridgehead atoms. The number of halogens is 1. The molecule has 1 saturated heterocycles. The topological polar surface area (TPSA) is 32.5 Å². The van der Waals surface area contributed by atoms with Gasteiger partial charge in [-0.3, -0.25) is 4.90 Å². The molecular formula is C16H26ClN3. The van der Waals surface area contributed by atoms with Crippen molar-refractivity contribution >= 4 is 17.3 Å². The zero-order valence-corrected chi connectivity index (χ0v) is 13.3. The highest BCUT2D eigenvalue weighted by Gasteiger charge is 2.19. The van der Waals surface area contributed by atoms with Crippen molar-refractivity contribution in [2.45, 2.75) is 26.3 Å². The van der Waals surface area contributed by atoms with E-state index in [1.54, 1.807) is 0 Å². The molecule has 20 heavy (non-hydrogen) atoms. The van der Waals surface area contributed by atoms with Crippen molar-refractivity contribution in [1.82, 2.24) is 4.90 Å². The van der Waals surface area contributed by atoms with Crippen LogP contribution in [0.15, 0.2) is 24.3 Å². The van der Waals surface area contributed by atoms with Crippen LogP contribution in [0.4, 0.5) is 5.69 Å². The fraction of sp³-hybridized carbons (Fsp3) is 0.625. The molecule has 2 rings (SSSR count). The van der Waals surface area contributed by atoms with Crippen molar-refractivity contribution in [2.75, 3.05) is 37.6 Å². The fourth-order valence-corrected chi connectivity index (χ4v) is 2.84. The maximum atomic E-state index is 6.26. The normalized spacial score (nSPS) is 18.6. The third kappa shape index (κ3) is 4.11.